The van der Waals surface area contributed by atoms with Crippen molar-refractivity contribution in [1.82, 2.24) is 14.8 Å². The van der Waals surface area contributed by atoms with Crippen molar-refractivity contribution in [2.45, 2.75) is 31.7 Å². The van der Waals surface area contributed by atoms with Crippen LogP contribution in [0.1, 0.15) is 25.0 Å². The Bertz CT molecular complexity index is 403. The Morgan fingerprint density at radius 2 is 2.16 bits per heavy atom. The number of piperidine rings is 1. The number of anilines is 1. The average molecular weight is 260 g/mol. The summed E-state index contributed by atoms with van der Waals surface area (Å²) in [5.41, 5.74) is 7.56. The molecule has 0 aliphatic carbocycles. The Labute approximate surface area is 115 Å². The van der Waals surface area contributed by atoms with Crippen molar-refractivity contribution in [3.05, 3.63) is 24.0 Å². The van der Waals surface area contributed by atoms with Crippen LogP contribution in [0.4, 0.5) is 5.69 Å². The molecule has 4 nitrogen and oxygen atoms in total. The molecule has 3 rings (SSSR count). The quantitative estimate of drug-likeness (QED) is 0.892. The molecule has 2 N–H and O–H groups in total. The van der Waals surface area contributed by atoms with Crippen molar-refractivity contribution < 1.29 is 0 Å². The lowest BCUT2D eigenvalue weighted by Gasteiger charge is -2.44. The van der Waals surface area contributed by atoms with Crippen LogP contribution in [0.2, 0.25) is 0 Å². The first-order chi connectivity index (χ1) is 9.31. The van der Waals surface area contributed by atoms with Crippen molar-refractivity contribution >= 4 is 5.69 Å². The van der Waals surface area contributed by atoms with Crippen molar-refractivity contribution in [2.75, 3.05) is 38.5 Å². The van der Waals surface area contributed by atoms with Crippen LogP contribution in [-0.2, 0) is 6.42 Å². The molecule has 2 fully saturated rings. The zero-order chi connectivity index (χ0) is 13.1. The van der Waals surface area contributed by atoms with Crippen LogP contribution < -0.4 is 5.73 Å². The zero-order valence-corrected chi connectivity index (χ0v) is 11.6. The van der Waals surface area contributed by atoms with Crippen molar-refractivity contribution in [3.63, 3.8) is 0 Å². The molecule has 1 unspecified atom stereocenters. The number of nitrogens with two attached hydrogens (primary N) is 1. The van der Waals surface area contributed by atoms with Gasteiger partial charge in [-0.05, 0) is 31.5 Å². The van der Waals surface area contributed by atoms with Crippen LogP contribution in [0.3, 0.4) is 0 Å². The van der Waals surface area contributed by atoms with Crippen molar-refractivity contribution in [2.24, 2.45) is 0 Å². The maximum Gasteiger partial charge on any atom is 0.0501 e. The van der Waals surface area contributed by atoms with Gasteiger partial charge in [0.2, 0.25) is 0 Å². The lowest BCUT2D eigenvalue weighted by Crippen LogP contribution is -2.55. The first-order valence-electron chi connectivity index (χ1n) is 7.48. The molecule has 1 aromatic heterocycles. The summed E-state index contributed by atoms with van der Waals surface area (Å²) in [6, 6.07) is 4.80. The number of rotatable bonds is 3. The van der Waals surface area contributed by atoms with Crippen LogP contribution in [0.25, 0.3) is 0 Å². The van der Waals surface area contributed by atoms with Gasteiger partial charge in [-0.1, -0.05) is 6.42 Å². The molecule has 0 saturated carbocycles. The molecule has 104 valence electrons. The molecule has 4 heteroatoms. The number of nitrogens with zero attached hydrogens (tertiary/aromatic N) is 3. The van der Waals surface area contributed by atoms with Crippen LogP contribution in [0.5, 0.6) is 0 Å². The van der Waals surface area contributed by atoms with Crippen LogP contribution in [-0.4, -0.2) is 53.5 Å². The smallest absolute Gasteiger partial charge is 0.0501 e. The first-order valence-corrected chi connectivity index (χ1v) is 7.48. The predicted octanol–water partition coefficient (Wildman–Crippen LogP) is 1.38. The van der Waals surface area contributed by atoms with Gasteiger partial charge in [-0.15, -0.1) is 0 Å². The maximum absolute atomic E-state index is 5.66. The fraction of sp³-hybridized carbons (Fsp3) is 0.667. The molecule has 1 atom stereocenters. The number of pyridine rings is 1. The van der Waals surface area contributed by atoms with E-state index in [0.29, 0.717) is 0 Å². The third kappa shape index (κ3) is 3.25. The molecule has 2 aliphatic heterocycles. The summed E-state index contributed by atoms with van der Waals surface area (Å²) >= 11 is 0. The van der Waals surface area contributed by atoms with E-state index >= 15 is 0 Å². The summed E-state index contributed by atoms with van der Waals surface area (Å²) in [7, 11) is 0. The van der Waals surface area contributed by atoms with Gasteiger partial charge in [0.25, 0.3) is 0 Å². The second-order valence-corrected chi connectivity index (χ2v) is 5.82. The van der Waals surface area contributed by atoms with E-state index in [1.165, 1.54) is 45.4 Å². The third-order valence-corrected chi connectivity index (χ3v) is 4.45. The van der Waals surface area contributed by atoms with Gasteiger partial charge in [-0.2, -0.15) is 0 Å². The summed E-state index contributed by atoms with van der Waals surface area (Å²) < 4.78 is 0. The Hall–Kier alpha value is -1.13. The van der Waals surface area contributed by atoms with E-state index in [4.69, 9.17) is 5.73 Å². The molecular formula is C15H24N4. The highest BCUT2D eigenvalue weighted by Crippen LogP contribution is 2.21. The summed E-state index contributed by atoms with van der Waals surface area (Å²) in [6.07, 6.45) is 6.98. The topological polar surface area (TPSA) is 45.4 Å². The standard InChI is InChI=1S/C15H24N4/c16-13-4-5-14(17-11-13)6-8-18-9-10-19-7-2-1-3-15(19)12-18/h4-5,11,15H,1-3,6-10,12,16H2. The van der Waals surface area contributed by atoms with Gasteiger partial charge in [0.1, 0.15) is 0 Å². The molecule has 1 aromatic rings. The number of hydrogen-bond acceptors (Lipinski definition) is 4. The highest BCUT2D eigenvalue weighted by molar-refractivity contribution is 5.34. The van der Waals surface area contributed by atoms with E-state index in [9.17, 15) is 0 Å². The molecule has 2 aliphatic rings. The van der Waals surface area contributed by atoms with E-state index in [1.807, 2.05) is 12.1 Å². The largest absolute Gasteiger partial charge is 0.397 e. The van der Waals surface area contributed by atoms with Gasteiger partial charge in [0.15, 0.2) is 0 Å². The normalized spacial score (nSPS) is 25.2. The Balaban J connectivity index is 1.49. The number of nitrogen functional groups attached to an aromatic ring is 1. The average Bonchev–Trinajstić information content (AvgIpc) is 2.46. The van der Waals surface area contributed by atoms with Crippen molar-refractivity contribution in [3.8, 4) is 0 Å². The molecule has 3 heterocycles. The minimum atomic E-state index is 0.750. The van der Waals surface area contributed by atoms with Gasteiger partial charge in [0, 0.05) is 44.3 Å². The summed E-state index contributed by atoms with van der Waals surface area (Å²) in [5, 5.41) is 0. The fourth-order valence-electron chi connectivity index (χ4n) is 3.28. The highest BCUT2D eigenvalue weighted by atomic mass is 15.3. The molecule has 0 aromatic carbocycles. The zero-order valence-electron chi connectivity index (χ0n) is 11.6. The van der Waals surface area contributed by atoms with E-state index in [2.05, 4.69) is 14.8 Å². The first kappa shape index (κ1) is 12.9. The highest BCUT2D eigenvalue weighted by Gasteiger charge is 2.28. The van der Waals surface area contributed by atoms with E-state index < -0.39 is 0 Å². The number of aromatic nitrogens is 1. The van der Waals surface area contributed by atoms with Gasteiger partial charge in [-0.25, -0.2) is 0 Å². The van der Waals surface area contributed by atoms with Gasteiger partial charge in [0.05, 0.1) is 11.9 Å². The Morgan fingerprint density at radius 1 is 1.21 bits per heavy atom. The van der Waals surface area contributed by atoms with Crippen LogP contribution >= 0.6 is 0 Å². The van der Waals surface area contributed by atoms with Gasteiger partial charge >= 0.3 is 0 Å². The fourth-order valence-corrected chi connectivity index (χ4v) is 3.28. The predicted molar refractivity (Wildman–Crippen MR) is 78.0 cm³/mol. The molecule has 19 heavy (non-hydrogen) atoms. The Morgan fingerprint density at radius 3 is 3.00 bits per heavy atom. The molecule has 0 bridgehead atoms. The Kier molecular flexibility index (Phi) is 3.99. The third-order valence-electron chi connectivity index (χ3n) is 4.45. The monoisotopic (exact) mass is 260 g/mol. The lowest BCUT2D eigenvalue weighted by molar-refractivity contribution is 0.0499. The SMILES string of the molecule is Nc1ccc(CCN2CCN3CCCCC3C2)nc1. The second-order valence-electron chi connectivity index (χ2n) is 5.82. The molecule has 0 radical (unpaired) electrons. The number of fused-ring (bicyclic) bond motifs is 1. The summed E-state index contributed by atoms with van der Waals surface area (Å²) in [4.78, 5) is 9.67. The molecule has 0 amide bonds. The molecule has 2 saturated heterocycles. The molecular weight excluding hydrogens is 236 g/mol. The van der Waals surface area contributed by atoms with Crippen LogP contribution in [0, 0.1) is 0 Å². The minimum absolute atomic E-state index is 0.750. The van der Waals surface area contributed by atoms with E-state index in [1.54, 1.807) is 6.20 Å². The van der Waals surface area contributed by atoms with Gasteiger partial charge in [-0.3, -0.25) is 9.88 Å². The summed E-state index contributed by atoms with van der Waals surface area (Å²) in [5.74, 6) is 0. The molecule has 0 spiro atoms. The van der Waals surface area contributed by atoms with Crippen molar-refractivity contribution in [1.29, 1.82) is 0 Å². The lowest BCUT2D eigenvalue weighted by atomic mass is 9.99. The summed E-state index contributed by atoms with van der Waals surface area (Å²) in [6.45, 7) is 6.15. The number of piperazine rings is 1. The van der Waals surface area contributed by atoms with E-state index in [-0.39, 0.29) is 0 Å². The minimum Gasteiger partial charge on any atom is -0.397 e. The number of hydrogen-bond donors (Lipinski definition) is 1. The maximum atomic E-state index is 5.66. The van der Waals surface area contributed by atoms with Gasteiger partial charge < -0.3 is 10.6 Å². The van der Waals surface area contributed by atoms with E-state index in [0.717, 1.165) is 30.4 Å². The second kappa shape index (κ2) is 5.88. The van der Waals surface area contributed by atoms with Crippen LogP contribution in [0.15, 0.2) is 18.3 Å².